The molecule has 108 valence electrons. The van der Waals surface area contributed by atoms with Crippen molar-refractivity contribution < 1.29 is 0 Å². The summed E-state index contributed by atoms with van der Waals surface area (Å²) in [5, 5.41) is 23.3. The van der Waals surface area contributed by atoms with E-state index in [2.05, 4.69) is 31.1 Å². The predicted octanol–water partition coefficient (Wildman–Crippen LogP) is -0.583. The van der Waals surface area contributed by atoms with Gasteiger partial charge in [-0.25, -0.2) is 4.68 Å². The van der Waals surface area contributed by atoms with Crippen molar-refractivity contribution in [2.45, 2.75) is 6.67 Å². The SMILES string of the molecule is CN(C)Cn1nnnc1-c1nnnn1-c1ccccc1N. The molecule has 0 aliphatic heterocycles. The van der Waals surface area contributed by atoms with Crippen molar-refractivity contribution in [2.75, 3.05) is 19.8 Å². The average Bonchev–Trinajstić information content (AvgIpc) is 3.07. The average molecular weight is 286 g/mol. The molecular weight excluding hydrogens is 272 g/mol. The molecule has 0 unspecified atom stereocenters. The van der Waals surface area contributed by atoms with E-state index in [-0.39, 0.29) is 0 Å². The fourth-order valence-corrected chi connectivity index (χ4v) is 1.90. The molecular formula is C11H14N10. The van der Waals surface area contributed by atoms with Gasteiger partial charge in [0, 0.05) is 0 Å². The molecule has 2 heterocycles. The highest BCUT2D eigenvalue weighted by Crippen LogP contribution is 2.20. The molecule has 0 aliphatic carbocycles. The van der Waals surface area contributed by atoms with Crippen LogP contribution in [0.1, 0.15) is 0 Å². The molecule has 0 atom stereocenters. The third kappa shape index (κ3) is 2.43. The Balaban J connectivity index is 2.08. The van der Waals surface area contributed by atoms with Gasteiger partial charge in [-0.2, -0.15) is 4.68 Å². The van der Waals surface area contributed by atoms with Crippen LogP contribution in [0.3, 0.4) is 0 Å². The van der Waals surface area contributed by atoms with E-state index in [0.717, 1.165) is 0 Å². The van der Waals surface area contributed by atoms with E-state index in [9.17, 15) is 0 Å². The van der Waals surface area contributed by atoms with Crippen molar-refractivity contribution in [3.8, 4) is 17.3 Å². The fourth-order valence-electron chi connectivity index (χ4n) is 1.90. The molecule has 10 nitrogen and oxygen atoms in total. The van der Waals surface area contributed by atoms with Crippen LogP contribution >= 0.6 is 0 Å². The molecule has 2 N–H and O–H groups in total. The number of rotatable bonds is 4. The molecule has 0 spiro atoms. The molecule has 21 heavy (non-hydrogen) atoms. The van der Waals surface area contributed by atoms with Crippen LogP contribution in [0.2, 0.25) is 0 Å². The molecule has 1 aromatic carbocycles. The van der Waals surface area contributed by atoms with Gasteiger partial charge < -0.3 is 5.73 Å². The molecule has 0 radical (unpaired) electrons. The summed E-state index contributed by atoms with van der Waals surface area (Å²) in [6.07, 6.45) is 0. The maximum Gasteiger partial charge on any atom is 0.226 e. The van der Waals surface area contributed by atoms with Gasteiger partial charge in [-0.1, -0.05) is 12.1 Å². The zero-order valence-electron chi connectivity index (χ0n) is 11.6. The van der Waals surface area contributed by atoms with Gasteiger partial charge in [0.15, 0.2) is 0 Å². The minimum atomic E-state index is 0.430. The van der Waals surface area contributed by atoms with E-state index in [4.69, 9.17) is 5.73 Å². The number of hydrogen-bond acceptors (Lipinski definition) is 8. The van der Waals surface area contributed by atoms with Crippen LogP contribution in [-0.4, -0.2) is 59.4 Å². The Morgan fingerprint density at radius 1 is 1.05 bits per heavy atom. The van der Waals surface area contributed by atoms with Crippen molar-refractivity contribution >= 4 is 5.69 Å². The Morgan fingerprint density at radius 3 is 2.52 bits per heavy atom. The smallest absolute Gasteiger partial charge is 0.226 e. The Hall–Kier alpha value is -2.88. The molecule has 0 aliphatic rings. The molecule has 10 heteroatoms. The minimum absolute atomic E-state index is 0.430. The molecule has 0 amide bonds. The third-order valence-corrected chi connectivity index (χ3v) is 2.78. The quantitative estimate of drug-likeness (QED) is 0.633. The Kier molecular flexibility index (Phi) is 3.28. The summed E-state index contributed by atoms with van der Waals surface area (Å²) in [7, 11) is 3.84. The first-order valence-electron chi connectivity index (χ1n) is 6.21. The van der Waals surface area contributed by atoms with Gasteiger partial charge in [0.05, 0.1) is 18.0 Å². The number of anilines is 1. The molecule has 3 aromatic rings. The second kappa shape index (κ2) is 5.25. The Labute approximate surface area is 120 Å². The van der Waals surface area contributed by atoms with Crippen LogP contribution in [0.4, 0.5) is 5.69 Å². The number of benzene rings is 1. The highest BCUT2D eigenvalue weighted by Gasteiger charge is 2.19. The van der Waals surface area contributed by atoms with Gasteiger partial charge in [-0.15, -0.1) is 10.2 Å². The molecule has 0 fully saturated rings. The number of tetrazole rings is 2. The molecule has 2 aromatic heterocycles. The summed E-state index contributed by atoms with van der Waals surface area (Å²) < 4.78 is 3.13. The lowest BCUT2D eigenvalue weighted by molar-refractivity contribution is 0.305. The molecule has 3 rings (SSSR count). The van der Waals surface area contributed by atoms with Crippen molar-refractivity contribution in [3.63, 3.8) is 0 Å². The lowest BCUT2D eigenvalue weighted by Crippen LogP contribution is -2.19. The van der Waals surface area contributed by atoms with E-state index in [1.807, 2.05) is 37.2 Å². The summed E-state index contributed by atoms with van der Waals surface area (Å²) in [6.45, 7) is 0.513. The van der Waals surface area contributed by atoms with Crippen LogP contribution in [0.25, 0.3) is 17.3 Å². The zero-order valence-corrected chi connectivity index (χ0v) is 11.6. The van der Waals surface area contributed by atoms with Crippen molar-refractivity contribution in [1.82, 2.24) is 45.3 Å². The minimum Gasteiger partial charge on any atom is -0.397 e. The van der Waals surface area contributed by atoms with Crippen LogP contribution in [-0.2, 0) is 6.67 Å². The van der Waals surface area contributed by atoms with Crippen LogP contribution in [0.5, 0.6) is 0 Å². The summed E-state index contributed by atoms with van der Waals surface area (Å²) in [4.78, 5) is 1.94. The first-order chi connectivity index (χ1) is 10.2. The Morgan fingerprint density at radius 2 is 1.76 bits per heavy atom. The highest BCUT2D eigenvalue weighted by atomic mass is 15.6. The van der Waals surface area contributed by atoms with Gasteiger partial charge in [-0.3, -0.25) is 4.90 Å². The number of aromatic nitrogens is 8. The summed E-state index contributed by atoms with van der Waals surface area (Å²) >= 11 is 0. The van der Waals surface area contributed by atoms with Crippen LogP contribution in [0.15, 0.2) is 24.3 Å². The van der Waals surface area contributed by atoms with Crippen LogP contribution in [0, 0.1) is 0 Å². The standard InChI is InChI=1S/C11H14N10/c1-19(2)7-20-10(13-15-17-20)11-14-16-18-21(11)9-6-4-3-5-8(9)12/h3-6H,7,12H2,1-2H3. The normalized spacial score (nSPS) is 11.2. The van der Waals surface area contributed by atoms with Crippen molar-refractivity contribution in [1.29, 1.82) is 0 Å². The number of hydrogen-bond donors (Lipinski definition) is 1. The first kappa shape index (κ1) is 13.1. The predicted molar refractivity (Wildman–Crippen MR) is 74.1 cm³/mol. The first-order valence-corrected chi connectivity index (χ1v) is 6.21. The number of para-hydroxylation sites is 2. The van der Waals surface area contributed by atoms with Crippen molar-refractivity contribution in [2.24, 2.45) is 0 Å². The van der Waals surface area contributed by atoms with E-state index in [1.165, 1.54) is 4.68 Å². The van der Waals surface area contributed by atoms with E-state index in [0.29, 0.717) is 29.7 Å². The number of nitrogens with zero attached hydrogens (tertiary/aromatic N) is 9. The van der Waals surface area contributed by atoms with E-state index < -0.39 is 0 Å². The Bertz CT molecular complexity index is 743. The topological polar surface area (TPSA) is 116 Å². The lowest BCUT2D eigenvalue weighted by atomic mass is 10.3. The fraction of sp³-hybridized carbons (Fsp3) is 0.273. The van der Waals surface area contributed by atoms with E-state index in [1.54, 1.807) is 10.7 Å². The molecule has 0 saturated carbocycles. The van der Waals surface area contributed by atoms with Crippen molar-refractivity contribution in [3.05, 3.63) is 24.3 Å². The molecule has 0 bridgehead atoms. The summed E-state index contributed by atoms with van der Waals surface area (Å²) in [6, 6.07) is 7.32. The van der Waals surface area contributed by atoms with Gasteiger partial charge in [0.25, 0.3) is 0 Å². The number of nitrogens with two attached hydrogens (primary N) is 1. The maximum atomic E-state index is 5.97. The second-order valence-electron chi connectivity index (χ2n) is 4.70. The molecule has 0 saturated heterocycles. The van der Waals surface area contributed by atoms with Gasteiger partial charge in [0.2, 0.25) is 11.6 Å². The maximum absolute atomic E-state index is 5.97. The van der Waals surface area contributed by atoms with Gasteiger partial charge >= 0.3 is 0 Å². The van der Waals surface area contributed by atoms with Gasteiger partial charge in [-0.05, 0) is 47.1 Å². The summed E-state index contributed by atoms with van der Waals surface area (Å²) in [5.74, 6) is 0.900. The number of nitrogen functional groups attached to an aromatic ring is 1. The van der Waals surface area contributed by atoms with Gasteiger partial charge in [0.1, 0.15) is 0 Å². The second-order valence-corrected chi connectivity index (χ2v) is 4.70. The highest BCUT2D eigenvalue weighted by molar-refractivity contribution is 5.60. The third-order valence-electron chi connectivity index (χ3n) is 2.78. The monoisotopic (exact) mass is 286 g/mol. The zero-order chi connectivity index (χ0) is 14.8. The van der Waals surface area contributed by atoms with Crippen LogP contribution < -0.4 is 5.73 Å². The summed E-state index contributed by atoms with van der Waals surface area (Å²) in [5.41, 5.74) is 7.21. The largest absolute Gasteiger partial charge is 0.397 e. The lowest BCUT2D eigenvalue weighted by Gasteiger charge is -2.10. The van der Waals surface area contributed by atoms with E-state index >= 15 is 0 Å².